The van der Waals surface area contributed by atoms with E-state index in [2.05, 4.69) is 195 Å². The number of anilines is 3. The fourth-order valence-corrected chi connectivity index (χ4v) is 8.41. The monoisotopic (exact) mass is 601 g/mol. The molecule has 224 valence electrons. The van der Waals surface area contributed by atoms with Crippen molar-refractivity contribution in [3.63, 3.8) is 0 Å². The Labute approximate surface area is 277 Å². The second kappa shape index (κ2) is 10.4. The lowest BCUT2D eigenvalue weighted by Gasteiger charge is -2.37. The zero-order valence-corrected chi connectivity index (χ0v) is 26.7. The SMILES string of the molecule is CC1(C)c2cccc3c2-c2c1cccc2C3(c1ccccc1)c1cccc(N(c2ccccc2)c2ccc(-c3ccccc3)cc2)c1. The second-order valence-electron chi connectivity index (χ2n) is 13.3. The molecule has 0 aliphatic heterocycles. The van der Waals surface area contributed by atoms with Crippen LogP contribution in [-0.2, 0) is 10.8 Å². The van der Waals surface area contributed by atoms with Gasteiger partial charge in [0.15, 0.2) is 0 Å². The molecule has 1 heteroatoms. The van der Waals surface area contributed by atoms with E-state index >= 15 is 0 Å². The highest BCUT2D eigenvalue weighted by molar-refractivity contribution is 5.95. The third-order valence-corrected chi connectivity index (χ3v) is 10.5. The average Bonchev–Trinajstić information content (AvgIpc) is 3.57. The van der Waals surface area contributed by atoms with Gasteiger partial charge in [-0.25, -0.2) is 0 Å². The Bertz CT molecular complexity index is 2190. The van der Waals surface area contributed by atoms with E-state index in [0.29, 0.717) is 0 Å². The van der Waals surface area contributed by atoms with Crippen LogP contribution in [0.2, 0.25) is 0 Å². The molecule has 0 spiro atoms. The molecule has 0 amide bonds. The van der Waals surface area contributed by atoms with Gasteiger partial charge in [-0.3, -0.25) is 0 Å². The highest BCUT2D eigenvalue weighted by atomic mass is 15.1. The van der Waals surface area contributed by atoms with Crippen molar-refractivity contribution in [3.05, 3.63) is 209 Å². The molecule has 0 saturated heterocycles. The first-order chi connectivity index (χ1) is 23.1. The molecule has 0 fully saturated rings. The van der Waals surface area contributed by atoms with E-state index < -0.39 is 5.41 Å². The van der Waals surface area contributed by atoms with Gasteiger partial charge in [-0.15, -0.1) is 0 Å². The Morgan fingerprint density at radius 2 is 0.809 bits per heavy atom. The molecule has 0 atom stereocenters. The fourth-order valence-electron chi connectivity index (χ4n) is 8.41. The van der Waals surface area contributed by atoms with Crippen molar-refractivity contribution in [1.82, 2.24) is 0 Å². The maximum atomic E-state index is 2.43. The molecule has 1 nitrogen and oxygen atoms in total. The molecular formula is C46H35N. The number of hydrogen-bond donors (Lipinski definition) is 0. The van der Waals surface area contributed by atoms with Crippen LogP contribution in [0.25, 0.3) is 22.3 Å². The van der Waals surface area contributed by atoms with Crippen LogP contribution in [0.5, 0.6) is 0 Å². The lowest BCUT2D eigenvalue weighted by Crippen LogP contribution is -2.30. The van der Waals surface area contributed by atoms with Crippen molar-refractivity contribution >= 4 is 17.1 Å². The third-order valence-electron chi connectivity index (χ3n) is 10.5. The van der Waals surface area contributed by atoms with Crippen LogP contribution in [0.1, 0.15) is 47.2 Å². The molecule has 7 aromatic carbocycles. The average molecular weight is 602 g/mol. The summed E-state index contributed by atoms with van der Waals surface area (Å²) in [5.41, 5.74) is 16.4. The Balaban J connectivity index is 1.28. The highest BCUT2D eigenvalue weighted by Gasteiger charge is 2.52. The minimum atomic E-state index is -0.440. The molecule has 0 N–H and O–H groups in total. The van der Waals surface area contributed by atoms with Crippen molar-refractivity contribution < 1.29 is 0 Å². The van der Waals surface area contributed by atoms with E-state index in [1.54, 1.807) is 0 Å². The minimum absolute atomic E-state index is 0.0304. The van der Waals surface area contributed by atoms with Gasteiger partial charge in [0.2, 0.25) is 0 Å². The van der Waals surface area contributed by atoms with E-state index in [0.717, 1.165) is 17.1 Å². The Hall–Kier alpha value is -5.66. The van der Waals surface area contributed by atoms with Crippen LogP contribution in [-0.4, -0.2) is 0 Å². The molecule has 2 aliphatic carbocycles. The summed E-state index contributed by atoms with van der Waals surface area (Å²) in [7, 11) is 0. The minimum Gasteiger partial charge on any atom is -0.310 e. The van der Waals surface area contributed by atoms with Crippen LogP contribution in [0.4, 0.5) is 17.1 Å². The molecule has 47 heavy (non-hydrogen) atoms. The molecule has 9 rings (SSSR count). The molecule has 7 aromatic rings. The summed E-state index contributed by atoms with van der Waals surface area (Å²) in [6.07, 6.45) is 0. The van der Waals surface area contributed by atoms with Crippen molar-refractivity contribution in [3.8, 4) is 22.3 Å². The lowest BCUT2D eigenvalue weighted by molar-refractivity contribution is 0.652. The Kier molecular flexibility index (Phi) is 6.14. The number of rotatable bonds is 6. The highest BCUT2D eigenvalue weighted by Crippen LogP contribution is 2.64. The topological polar surface area (TPSA) is 3.24 Å². The van der Waals surface area contributed by atoms with Gasteiger partial charge < -0.3 is 4.90 Å². The first kappa shape index (κ1) is 27.6. The maximum absolute atomic E-state index is 2.43. The predicted molar refractivity (Wildman–Crippen MR) is 196 cm³/mol. The van der Waals surface area contributed by atoms with E-state index in [1.807, 2.05) is 0 Å². The third kappa shape index (κ3) is 3.96. The van der Waals surface area contributed by atoms with Gasteiger partial charge in [-0.05, 0) is 92.0 Å². The summed E-state index contributed by atoms with van der Waals surface area (Å²) >= 11 is 0. The quantitative estimate of drug-likeness (QED) is 0.183. The van der Waals surface area contributed by atoms with E-state index in [1.165, 1.54) is 55.6 Å². The van der Waals surface area contributed by atoms with Gasteiger partial charge in [0.25, 0.3) is 0 Å². The van der Waals surface area contributed by atoms with Crippen LogP contribution >= 0.6 is 0 Å². The zero-order chi connectivity index (χ0) is 31.6. The van der Waals surface area contributed by atoms with Crippen molar-refractivity contribution in [2.24, 2.45) is 0 Å². The van der Waals surface area contributed by atoms with Crippen LogP contribution in [0, 0.1) is 0 Å². The van der Waals surface area contributed by atoms with Gasteiger partial charge >= 0.3 is 0 Å². The first-order valence-electron chi connectivity index (χ1n) is 16.5. The maximum Gasteiger partial charge on any atom is 0.0714 e. The molecule has 0 radical (unpaired) electrons. The molecule has 0 unspecified atom stereocenters. The first-order valence-corrected chi connectivity index (χ1v) is 16.5. The van der Waals surface area contributed by atoms with E-state index in [4.69, 9.17) is 0 Å². The summed E-state index contributed by atoms with van der Waals surface area (Å²) in [6, 6.07) is 64.6. The number of nitrogens with zero attached hydrogens (tertiary/aromatic N) is 1. The van der Waals surface area contributed by atoms with E-state index in [9.17, 15) is 0 Å². The van der Waals surface area contributed by atoms with Gasteiger partial charge in [-0.2, -0.15) is 0 Å². The normalized spacial score (nSPS) is 14.5. The van der Waals surface area contributed by atoms with Gasteiger partial charge in [0.1, 0.15) is 0 Å². The Morgan fingerprint density at radius 1 is 0.362 bits per heavy atom. The van der Waals surface area contributed by atoms with Crippen molar-refractivity contribution in [2.45, 2.75) is 24.7 Å². The van der Waals surface area contributed by atoms with Gasteiger partial charge in [-0.1, -0.05) is 153 Å². The van der Waals surface area contributed by atoms with Gasteiger partial charge in [0.05, 0.1) is 5.41 Å². The number of hydrogen-bond acceptors (Lipinski definition) is 1. The fraction of sp³-hybridized carbons (Fsp3) is 0.0870. The summed E-state index contributed by atoms with van der Waals surface area (Å²) < 4.78 is 0. The van der Waals surface area contributed by atoms with Gasteiger partial charge in [0, 0.05) is 22.5 Å². The van der Waals surface area contributed by atoms with Crippen LogP contribution in [0.3, 0.4) is 0 Å². The molecule has 0 aromatic heterocycles. The summed E-state index contributed by atoms with van der Waals surface area (Å²) in [5.74, 6) is 0. The summed E-state index contributed by atoms with van der Waals surface area (Å²) in [4.78, 5) is 2.38. The number of benzene rings is 7. The molecule has 0 bridgehead atoms. The zero-order valence-electron chi connectivity index (χ0n) is 26.7. The molecule has 0 saturated carbocycles. The van der Waals surface area contributed by atoms with Crippen LogP contribution < -0.4 is 4.90 Å². The van der Waals surface area contributed by atoms with E-state index in [-0.39, 0.29) is 5.41 Å². The summed E-state index contributed by atoms with van der Waals surface area (Å²) in [6.45, 7) is 4.75. The molecule has 2 aliphatic rings. The van der Waals surface area contributed by atoms with Crippen molar-refractivity contribution in [1.29, 1.82) is 0 Å². The largest absolute Gasteiger partial charge is 0.310 e. The lowest BCUT2D eigenvalue weighted by atomic mass is 9.66. The van der Waals surface area contributed by atoms with Crippen LogP contribution in [0.15, 0.2) is 176 Å². The molecular weight excluding hydrogens is 567 g/mol. The Morgan fingerprint density at radius 3 is 1.43 bits per heavy atom. The smallest absolute Gasteiger partial charge is 0.0714 e. The molecule has 0 heterocycles. The standard InChI is InChI=1S/C46H35N/c1-45(2)39-23-13-25-41-43(39)44-40(45)24-14-26-42(44)46(41,34-17-8-4-9-18-34)35-19-12-22-38(31-35)47(36-20-10-5-11-21-36)37-29-27-33(28-30-37)32-15-6-3-7-16-32/h3-31H,1-2H3. The predicted octanol–water partition coefficient (Wildman–Crippen LogP) is 11.8. The second-order valence-corrected chi connectivity index (χ2v) is 13.3. The summed E-state index contributed by atoms with van der Waals surface area (Å²) in [5, 5.41) is 0. The number of para-hydroxylation sites is 1. The van der Waals surface area contributed by atoms with Crippen molar-refractivity contribution in [2.75, 3.05) is 4.90 Å².